The van der Waals surface area contributed by atoms with E-state index in [0.29, 0.717) is 30.8 Å². The number of rotatable bonds is 5. The lowest BCUT2D eigenvalue weighted by Gasteiger charge is -2.64. The third kappa shape index (κ3) is 4.10. The van der Waals surface area contributed by atoms with Crippen LogP contribution in [0.2, 0.25) is 0 Å². The smallest absolute Gasteiger partial charge is 0.331 e. The number of aliphatic carboxylic acids is 1. The van der Waals surface area contributed by atoms with Crippen molar-refractivity contribution in [3.05, 3.63) is 34.4 Å². The van der Waals surface area contributed by atoms with E-state index in [4.69, 9.17) is 4.74 Å². The molecule has 4 rings (SSSR count). The highest BCUT2D eigenvalue weighted by molar-refractivity contribution is 5.88. The molecular weight excluding hydrogens is 452 g/mol. The molecule has 36 heavy (non-hydrogen) atoms. The van der Waals surface area contributed by atoms with Gasteiger partial charge in [-0.2, -0.15) is 0 Å². The third-order valence-corrected chi connectivity index (χ3v) is 11.0. The van der Waals surface area contributed by atoms with E-state index < -0.39 is 12.1 Å². The summed E-state index contributed by atoms with van der Waals surface area (Å²) in [5.41, 5.74) is 3.70. The van der Waals surface area contributed by atoms with Crippen molar-refractivity contribution in [3.8, 4) is 0 Å². The average molecular weight is 499 g/mol. The van der Waals surface area contributed by atoms with Crippen molar-refractivity contribution < 1.29 is 24.5 Å². The molecule has 1 unspecified atom stereocenters. The first-order valence-corrected chi connectivity index (χ1v) is 13.9. The molecule has 2 N–H and O–H groups in total. The van der Waals surface area contributed by atoms with E-state index in [0.717, 1.165) is 37.7 Å². The van der Waals surface area contributed by atoms with Crippen LogP contribution in [0, 0.1) is 34.0 Å². The molecule has 0 aromatic rings. The second-order valence-corrected chi connectivity index (χ2v) is 13.0. The maximum Gasteiger partial charge on any atom is 0.331 e. The fraction of sp³-hybridized carbons (Fsp3) is 0.742. The highest BCUT2D eigenvalue weighted by Crippen LogP contribution is 2.72. The van der Waals surface area contributed by atoms with Gasteiger partial charge < -0.3 is 14.9 Å². The lowest BCUT2D eigenvalue weighted by molar-refractivity contribution is -0.145. The summed E-state index contributed by atoms with van der Waals surface area (Å²) in [4.78, 5) is 24.8. The maximum atomic E-state index is 12.6. The molecule has 0 heterocycles. The largest absolute Gasteiger partial charge is 0.478 e. The number of hydrogen-bond donors (Lipinski definition) is 2. The Kier molecular flexibility index (Phi) is 7.13. The Labute approximate surface area is 217 Å². The molecule has 200 valence electrons. The van der Waals surface area contributed by atoms with Gasteiger partial charge in [-0.3, -0.25) is 4.79 Å². The van der Waals surface area contributed by atoms with Gasteiger partial charge in [-0.05, 0) is 105 Å². The quantitative estimate of drug-likeness (QED) is 0.253. The molecule has 3 saturated carbocycles. The van der Waals surface area contributed by atoms with Crippen LogP contribution in [0.3, 0.4) is 0 Å². The van der Waals surface area contributed by atoms with Gasteiger partial charge in [-0.25, -0.2) is 4.79 Å². The van der Waals surface area contributed by atoms with E-state index in [9.17, 15) is 19.8 Å². The minimum Gasteiger partial charge on any atom is -0.478 e. The molecule has 5 heteroatoms. The number of aliphatic hydroxyl groups excluding tert-OH is 1. The number of fused-ring (bicyclic) bond motifs is 5. The third-order valence-electron chi connectivity index (χ3n) is 11.0. The molecular formula is C31H46O5. The van der Waals surface area contributed by atoms with Gasteiger partial charge in [0.05, 0.1) is 6.10 Å². The average Bonchev–Trinajstić information content (AvgIpc) is 3.05. The number of ether oxygens (including phenoxy) is 1. The maximum absolute atomic E-state index is 12.6. The Morgan fingerprint density at radius 1 is 1.14 bits per heavy atom. The number of hydrogen-bond acceptors (Lipinski definition) is 4. The van der Waals surface area contributed by atoms with E-state index in [-0.39, 0.29) is 40.2 Å². The van der Waals surface area contributed by atoms with E-state index in [2.05, 4.69) is 39.8 Å². The van der Waals surface area contributed by atoms with Crippen molar-refractivity contribution >= 4 is 11.9 Å². The van der Waals surface area contributed by atoms with Gasteiger partial charge >= 0.3 is 11.9 Å². The van der Waals surface area contributed by atoms with E-state index in [1.807, 2.05) is 13.8 Å². The lowest BCUT2D eigenvalue weighted by Crippen LogP contribution is -2.56. The number of carbonyl (C=O) groups excluding carboxylic acids is 1. The zero-order valence-corrected chi connectivity index (χ0v) is 23.3. The number of carbonyl (C=O) groups is 2. The number of esters is 1. The molecule has 0 radical (unpaired) electrons. The fourth-order valence-corrected chi connectivity index (χ4v) is 8.95. The predicted octanol–water partition coefficient (Wildman–Crippen LogP) is 6.62. The van der Waals surface area contributed by atoms with Gasteiger partial charge in [0.25, 0.3) is 0 Å². The summed E-state index contributed by atoms with van der Waals surface area (Å²) >= 11 is 0. The number of carboxylic acids is 1. The van der Waals surface area contributed by atoms with Crippen LogP contribution >= 0.6 is 0 Å². The molecule has 0 spiro atoms. The fourth-order valence-electron chi connectivity index (χ4n) is 8.95. The predicted molar refractivity (Wildman–Crippen MR) is 141 cm³/mol. The van der Waals surface area contributed by atoms with Crippen molar-refractivity contribution in [1.29, 1.82) is 0 Å². The van der Waals surface area contributed by atoms with Crippen LogP contribution in [0.1, 0.15) is 99.8 Å². The Bertz CT molecular complexity index is 1020. The number of carboxylic acid groups (broad SMARTS) is 1. The molecule has 0 bridgehead atoms. The van der Waals surface area contributed by atoms with Gasteiger partial charge in [-0.1, -0.05) is 51.0 Å². The Balaban J connectivity index is 1.82. The highest BCUT2D eigenvalue weighted by atomic mass is 16.5. The molecule has 4 aliphatic rings. The van der Waals surface area contributed by atoms with Crippen molar-refractivity contribution in [2.45, 2.75) is 112 Å². The van der Waals surface area contributed by atoms with Crippen molar-refractivity contribution in [1.82, 2.24) is 0 Å². The molecule has 0 aliphatic heterocycles. The summed E-state index contributed by atoms with van der Waals surface area (Å²) in [6.45, 7) is 14.8. The van der Waals surface area contributed by atoms with Crippen LogP contribution < -0.4 is 0 Å². The summed E-state index contributed by atoms with van der Waals surface area (Å²) in [7, 11) is 0. The summed E-state index contributed by atoms with van der Waals surface area (Å²) in [6, 6.07) is 0. The van der Waals surface area contributed by atoms with Crippen LogP contribution in [0.4, 0.5) is 0 Å². The molecule has 8 atom stereocenters. The van der Waals surface area contributed by atoms with Gasteiger partial charge in [0.15, 0.2) is 0 Å². The van der Waals surface area contributed by atoms with Crippen LogP contribution in [0.15, 0.2) is 34.4 Å². The van der Waals surface area contributed by atoms with E-state index in [1.54, 1.807) is 0 Å². The molecule has 0 amide bonds. The zero-order chi connectivity index (χ0) is 26.6. The first kappa shape index (κ1) is 27.2. The van der Waals surface area contributed by atoms with Gasteiger partial charge in [0.2, 0.25) is 0 Å². The summed E-state index contributed by atoms with van der Waals surface area (Å²) in [6.07, 6.45) is 10.3. The Morgan fingerprint density at radius 2 is 1.83 bits per heavy atom. The van der Waals surface area contributed by atoms with E-state index >= 15 is 0 Å². The van der Waals surface area contributed by atoms with Crippen LogP contribution in [-0.2, 0) is 14.3 Å². The zero-order valence-electron chi connectivity index (χ0n) is 23.3. The van der Waals surface area contributed by atoms with Crippen LogP contribution in [0.25, 0.3) is 0 Å². The Morgan fingerprint density at radius 3 is 2.44 bits per heavy atom. The van der Waals surface area contributed by atoms with Crippen molar-refractivity contribution in [2.24, 2.45) is 34.0 Å². The first-order chi connectivity index (χ1) is 16.8. The van der Waals surface area contributed by atoms with Gasteiger partial charge in [-0.15, -0.1) is 0 Å². The van der Waals surface area contributed by atoms with E-state index in [1.165, 1.54) is 18.1 Å². The highest BCUT2D eigenvalue weighted by Gasteiger charge is 2.66. The molecule has 0 aromatic heterocycles. The summed E-state index contributed by atoms with van der Waals surface area (Å²) in [5.74, 6) is -0.460. The molecule has 3 fully saturated rings. The molecule has 5 nitrogen and oxygen atoms in total. The lowest BCUT2D eigenvalue weighted by atomic mass is 9.40. The normalized spacial score (nSPS) is 42.9. The second-order valence-electron chi connectivity index (χ2n) is 13.0. The topological polar surface area (TPSA) is 83.8 Å². The van der Waals surface area contributed by atoms with Crippen molar-refractivity contribution in [3.63, 3.8) is 0 Å². The molecule has 4 aliphatic carbocycles. The van der Waals surface area contributed by atoms with Crippen LogP contribution in [0.5, 0.6) is 0 Å². The van der Waals surface area contributed by atoms with Gasteiger partial charge in [0, 0.05) is 12.5 Å². The number of allylic oxidation sites excluding steroid dienone is 4. The molecule has 0 saturated heterocycles. The monoisotopic (exact) mass is 498 g/mol. The SMILES string of the molecule is CC(=O)O[C@@H]1C[C@]2(C)[C@@H](CC=C3[C@]2(C)CCC2[C@H](C)[C@H](O)CC[C@]32C)/C1=C(\CCC=C(C)C)C(=O)O. The minimum atomic E-state index is -0.890. The second kappa shape index (κ2) is 9.45. The summed E-state index contributed by atoms with van der Waals surface area (Å²) < 4.78 is 5.90. The first-order valence-electron chi connectivity index (χ1n) is 13.9. The standard InChI is InChI=1S/C31H46O5/c1-18(2)9-8-10-21(28(34)35)27-23-11-12-26-29(5)15-14-24(33)19(3)22(29)13-16-30(26,6)31(23,7)17-25(27)36-20(4)32/h9,12,19,22-25,33H,8,10-11,13-17H2,1-7H3,(H,34,35)/b27-21-/t19-,22?,23-,24+,25+,29-,30-,31+/m0/s1. The van der Waals surface area contributed by atoms with Gasteiger partial charge in [0.1, 0.15) is 6.10 Å². The van der Waals surface area contributed by atoms with Crippen LogP contribution in [-0.4, -0.2) is 34.4 Å². The number of aliphatic hydroxyl groups is 1. The van der Waals surface area contributed by atoms with Crippen molar-refractivity contribution in [2.75, 3.05) is 0 Å². The molecule has 0 aromatic carbocycles. The minimum absolute atomic E-state index is 0.0418. The summed E-state index contributed by atoms with van der Waals surface area (Å²) in [5, 5.41) is 20.9. The Hall–Kier alpha value is -1.88.